The van der Waals surface area contributed by atoms with Crippen LogP contribution >= 0.6 is 22.6 Å². The molecule has 1 saturated carbocycles. The number of rotatable bonds is 5. The van der Waals surface area contributed by atoms with E-state index < -0.39 is 17.4 Å². The maximum atomic E-state index is 12.5. The quantitative estimate of drug-likeness (QED) is 0.541. The monoisotopic (exact) mass is 444 g/mol. The normalized spacial score (nSPS) is 16.1. The maximum Gasteiger partial charge on any atom is 0.332 e. The fourth-order valence-corrected chi connectivity index (χ4v) is 3.41. The van der Waals surface area contributed by atoms with Crippen molar-refractivity contribution in [2.45, 2.75) is 44.6 Å². The predicted molar refractivity (Wildman–Crippen MR) is 98.4 cm³/mol. The molecule has 1 aromatic rings. The molecule has 0 unspecified atom stereocenters. The summed E-state index contributed by atoms with van der Waals surface area (Å²) in [5.41, 5.74) is -0.320. The van der Waals surface area contributed by atoms with Gasteiger partial charge in [-0.05, 0) is 47.6 Å². The highest BCUT2D eigenvalue weighted by Gasteiger charge is 2.41. The number of carbonyl (C=O) groups excluding carboxylic acids is 3. The number of carbonyl (C=O) groups is 3. The summed E-state index contributed by atoms with van der Waals surface area (Å²) in [4.78, 5) is 35.9. The number of hydrogen-bond acceptors (Lipinski definition) is 4. The standard InChI is InChI=1S/C17H21IN2O4/c1-12(21)20-17(9-5-2-6-10-17)16(23)24-11-15(22)19-14-8-4-3-7-13(14)18/h3-4,7-8H,2,5-6,9-11H2,1H3,(H,19,22)(H,20,21). The molecule has 130 valence electrons. The number of nitrogens with one attached hydrogen (secondary N) is 2. The zero-order valence-corrected chi connectivity index (χ0v) is 15.7. The van der Waals surface area contributed by atoms with Crippen molar-refractivity contribution in [3.05, 3.63) is 27.8 Å². The van der Waals surface area contributed by atoms with Crippen molar-refractivity contribution in [2.75, 3.05) is 11.9 Å². The van der Waals surface area contributed by atoms with Gasteiger partial charge in [0.15, 0.2) is 6.61 Å². The van der Waals surface area contributed by atoms with E-state index in [1.807, 2.05) is 18.2 Å². The Morgan fingerprint density at radius 3 is 2.46 bits per heavy atom. The van der Waals surface area contributed by atoms with Crippen LogP contribution in [0.1, 0.15) is 39.0 Å². The highest BCUT2D eigenvalue weighted by Crippen LogP contribution is 2.29. The summed E-state index contributed by atoms with van der Waals surface area (Å²) < 4.78 is 6.09. The van der Waals surface area contributed by atoms with Crippen LogP contribution in [0.25, 0.3) is 0 Å². The van der Waals surface area contributed by atoms with E-state index in [0.717, 1.165) is 22.8 Å². The van der Waals surface area contributed by atoms with Crippen LogP contribution < -0.4 is 10.6 Å². The number of anilines is 1. The largest absolute Gasteiger partial charge is 0.454 e. The van der Waals surface area contributed by atoms with E-state index in [1.54, 1.807) is 6.07 Å². The van der Waals surface area contributed by atoms with Crippen LogP contribution in [0.5, 0.6) is 0 Å². The second-order valence-electron chi connectivity index (χ2n) is 5.93. The number of para-hydroxylation sites is 1. The van der Waals surface area contributed by atoms with Crippen LogP contribution in [-0.4, -0.2) is 29.9 Å². The van der Waals surface area contributed by atoms with Crippen LogP contribution in [0.2, 0.25) is 0 Å². The summed E-state index contributed by atoms with van der Waals surface area (Å²) in [5, 5.41) is 5.44. The average Bonchev–Trinajstić information content (AvgIpc) is 2.55. The first kappa shape index (κ1) is 18.7. The van der Waals surface area contributed by atoms with Gasteiger partial charge in [-0.3, -0.25) is 9.59 Å². The number of hydrogen-bond donors (Lipinski definition) is 2. The molecule has 0 aromatic heterocycles. The van der Waals surface area contributed by atoms with Crippen LogP contribution in [0, 0.1) is 3.57 Å². The van der Waals surface area contributed by atoms with Gasteiger partial charge in [0, 0.05) is 10.5 Å². The van der Waals surface area contributed by atoms with Crippen LogP contribution in [-0.2, 0) is 19.1 Å². The zero-order chi connectivity index (χ0) is 17.6. The fraction of sp³-hybridized carbons (Fsp3) is 0.471. The van der Waals surface area contributed by atoms with Gasteiger partial charge in [0.1, 0.15) is 5.54 Å². The van der Waals surface area contributed by atoms with E-state index in [4.69, 9.17) is 4.74 Å². The first-order chi connectivity index (χ1) is 11.4. The second-order valence-corrected chi connectivity index (χ2v) is 7.09. The van der Waals surface area contributed by atoms with E-state index in [1.165, 1.54) is 6.92 Å². The van der Waals surface area contributed by atoms with E-state index >= 15 is 0 Å². The molecule has 0 heterocycles. The third-order valence-corrected chi connectivity index (χ3v) is 4.94. The Morgan fingerprint density at radius 1 is 1.17 bits per heavy atom. The Hall–Kier alpha value is -1.64. The fourth-order valence-electron chi connectivity index (χ4n) is 2.89. The molecule has 1 aliphatic carbocycles. The van der Waals surface area contributed by atoms with Gasteiger partial charge in [-0.25, -0.2) is 4.79 Å². The van der Waals surface area contributed by atoms with Crippen molar-refractivity contribution in [1.29, 1.82) is 0 Å². The molecule has 1 aromatic carbocycles. The van der Waals surface area contributed by atoms with E-state index in [2.05, 4.69) is 33.2 Å². The van der Waals surface area contributed by atoms with Gasteiger partial charge >= 0.3 is 5.97 Å². The number of ether oxygens (including phenoxy) is 1. The minimum Gasteiger partial charge on any atom is -0.454 e. The minimum absolute atomic E-state index is 0.267. The molecule has 2 N–H and O–H groups in total. The summed E-state index contributed by atoms with van der Waals surface area (Å²) >= 11 is 2.12. The summed E-state index contributed by atoms with van der Waals surface area (Å²) in [5.74, 6) is -1.20. The molecule has 0 atom stereocenters. The zero-order valence-electron chi connectivity index (χ0n) is 13.6. The summed E-state index contributed by atoms with van der Waals surface area (Å²) in [6.07, 6.45) is 3.82. The highest BCUT2D eigenvalue weighted by atomic mass is 127. The minimum atomic E-state index is -0.995. The summed E-state index contributed by atoms with van der Waals surface area (Å²) in [6, 6.07) is 7.34. The molecule has 1 aliphatic rings. The number of esters is 1. The summed E-state index contributed by atoms with van der Waals surface area (Å²) in [7, 11) is 0. The van der Waals surface area contributed by atoms with Gasteiger partial charge < -0.3 is 15.4 Å². The van der Waals surface area contributed by atoms with E-state index in [9.17, 15) is 14.4 Å². The van der Waals surface area contributed by atoms with Crippen molar-refractivity contribution in [3.8, 4) is 0 Å². The smallest absolute Gasteiger partial charge is 0.332 e. The topological polar surface area (TPSA) is 84.5 Å². The van der Waals surface area contributed by atoms with E-state index in [0.29, 0.717) is 18.5 Å². The molecule has 6 nitrogen and oxygen atoms in total. The molecular formula is C17H21IN2O4. The Kier molecular flexibility index (Phi) is 6.59. The predicted octanol–water partition coefficient (Wildman–Crippen LogP) is 2.61. The second kappa shape index (κ2) is 8.46. The van der Waals surface area contributed by atoms with E-state index in [-0.39, 0.29) is 12.5 Å². The first-order valence-electron chi connectivity index (χ1n) is 7.93. The van der Waals surface area contributed by atoms with Crippen molar-refractivity contribution in [3.63, 3.8) is 0 Å². The molecule has 0 saturated heterocycles. The summed E-state index contributed by atoms with van der Waals surface area (Å²) in [6.45, 7) is 1.01. The molecule has 2 amide bonds. The number of halogens is 1. The van der Waals surface area contributed by atoms with Crippen molar-refractivity contribution in [2.24, 2.45) is 0 Å². The van der Waals surface area contributed by atoms with Gasteiger partial charge in [-0.2, -0.15) is 0 Å². The Labute approximate surface area is 154 Å². The molecule has 0 bridgehead atoms. The van der Waals surface area contributed by atoms with Gasteiger partial charge in [0.25, 0.3) is 5.91 Å². The Bertz CT molecular complexity index is 627. The molecule has 0 radical (unpaired) electrons. The average molecular weight is 444 g/mol. The molecule has 1 fully saturated rings. The third-order valence-electron chi connectivity index (χ3n) is 4.00. The van der Waals surface area contributed by atoms with Gasteiger partial charge in [0.2, 0.25) is 5.91 Å². The van der Waals surface area contributed by atoms with Crippen LogP contribution in [0.15, 0.2) is 24.3 Å². The van der Waals surface area contributed by atoms with Crippen LogP contribution in [0.4, 0.5) is 5.69 Å². The highest BCUT2D eigenvalue weighted by molar-refractivity contribution is 14.1. The molecule has 0 spiro atoms. The van der Waals surface area contributed by atoms with Gasteiger partial charge in [-0.1, -0.05) is 31.4 Å². The lowest BCUT2D eigenvalue weighted by Gasteiger charge is -2.35. The van der Waals surface area contributed by atoms with Crippen molar-refractivity contribution < 1.29 is 19.1 Å². The maximum absolute atomic E-state index is 12.5. The Balaban J connectivity index is 1.94. The molecule has 0 aliphatic heterocycles. The molecule has 24 heavy (non-hydrogen) atoms. The lowest BCUT2D eigenvalue weighted by Crippen LogP contribution is -2.56. The molecule has 2 rings (SSSR count). The SMILES string of the molecule is CC(=O)NC1(C(=O)OCC(=O)Nc2ccccc2I)CCCCC1. The Morgan fingerprint density at radius 2 is 1.83 bits per heavy atom. The van der Waals surface area contributed by atoms with Crippen molar-refractivity contribution in [1.82, 2.24) is 5.32 Å². The first-order valence-corrected chi connectivity index (χ1v) is 9.01. The molecular weight excluding hydrogens is 423 g/mol. The lowest BCUT2D eigenvalue weighted by molar-refractivity contribution is -0.157. The molecule has 7 heteroatoms. The van der Waals surface area contributed by atoms with Gasteiger partial charge in [0.05, 0.1) is 5.69 Å². The number of amides is 2. The lowest BCUT2D eigenvalue weighted by atomic mass is 9.81. The number of benzene rings is 1. The van der Waals surface area contributed by atoms with Crippen LogP contribution in [0.3, 0.4) is 0 Å². The van der Waals surface area contributed by atoms with Gasteiger partial charge in [-0.15, -0.1) is 0 Å². The van der Waals surface area contributed by atoms with Crippen molar-refractivity contribution >= 4 is 46.1 Å². The third kappa shape index (κ3) is 4.93.